The van der Waals surface area contributed by atoms with E-state index < -0.39 is 4.92 Å². The molecule has 0 radical (unpaired) electrons. The first-order valence-electron chi connectivity index (χ1n) is 8.64. The lowest BCUT2D eigenvalue weighted by molar-refractivity contribution is -0.384. The number of fused-ring (bicyclic) bond motifs is 1. The summed E-state index contributed by atoms with van der Waals surface area (Å²) >= 11 is 11.1. The number of rotatable bonds is 5. The summed E-state index contributed by atoms with van der Waals surface area (Å²) in [6.45, 7) is 0. The van der Waals surface area contributed by atoms with Gasteiger partial charge < -0.3 is 0 Å². The third-order valence-corrected chi connectivity index (χ3v) is 5.02. The van der Waals surface area contributed by atoms with Gasteiger partial charge in [0, 0.05) is 18.1 Å². The first-order chi connectivity index (χ1) is 14.0. The number of H-pyrrole nitrogens is 1. The minimum absolute atomic E-state index is 0.0729. The Balaban J connectivity index is 1.68. The van der Waals surface area contributed by atoms with Crippen molar-refractivity contribution in [2.45, 2.75) is 6.42 Å². The predicted molar refractivity (Wildman–Crippen MR) is 115 cm³/mol. The van der Waals surface area contributed by atoms with Crippen molar-refractivity contribution in [3.05, 3.63) is 97.5 Å². The third kappa shape index (κ3) is 3.94. The Bertz CT molecular complexity index is 1310. The van der Waals surface area contributed by atoms with Gasteiger partial charge in [0.15, 0.2) is 5.82 Å². The van der Waals surface area contributed by atoms with Gasteiger partial charge in [-0.15, -0.1) is 0 Å². The van der Waals surface area contributed by atoms with Gasteiger partial charge in [-0.3, -0.25) is 15.2 Å². The molecule has 0 aliphatic heterocycles. The number of nitro benzene ring substituents is 1. The summed E-state index contributed by atoms with van der Waals surface area (Å²) in [7, 11) is 0. The zero-order valence-electron chi connectivity index (χ0n) is 14.9. The fourth-order valence-electron chi connectivity index (χ4n) is 3.05. The maximum atomic E-state index is 11.1. The molecule has 1 aromatic heterocycles. The third-order valence-electron chi connectivity index (χ3n) is 4.44. The van der Waals surface area contributed by atoms with Crippen LogP contribution in [0.2, 0.25) is 5.02 Å². The molecule has 0 aliphatic rings. The summed E-state index contributed by atoms with van der Waals surface area (Å²) < 4.78 is 1.84. The van der Waals surface area contributed by atoms with Crippen LogP contribution in [0.4, 0.5) is 5.69 Å². The van der Waals surface area contributed by atoms with Gasteiger partial charge in [0.25, 0.3) is 5.69 Å². The SMILES string of the molecule is O=[N+]([O-])c1cc(/C=N/n2c(Cc3cccc4ccccc34)n[nH]c2=S)ccc1Cl. The maximum Gasteiger partial charge on any atom is 0.288 e. The van der Waals surface area contributed by atoms with Gasteiger partial charge in [0.2, 0.25) is 4.77 Å². The molecule has 0 spiro atoms. The van der Waals surface area contributed by atoms with E-state index in [0.717, 1.165) is 16.3 Å². The lowest BCUT2D eigenvalue weighted by atomic mass is 10.0. The fraction of sp³-hybridized carbons (Fsp3) is 0.0500. The molecular formula is C20H14ClN5O2S. The topological polar surface area (TPSA) is 89.1 Å². The van der Waals surface area contributed by atoms with Crippen molar-refractivity contribution in [1.29, 1.82) is 0 Å². The normalized spacial score (nSPS) is 11.3. The Morgan fingerprint density at radius 1 is 1.21 bits per heavy atom. The van der Waals surface area contributed by atoms with Gasteiger partial charge in [0.05, 0.1) is 11.1 Å². The van der Waals surface area contributed by atoms with E-state index in [1.54, 1.807) is 6.07 Å². The molecule has 7 nitrogen and oxygen atoms in total. The van der Waals surface area contributed by atoms with Gasteiger partial charge in [-0.2, -0.15) is 14.9 Å². The highest BCUT2D eigenvalue weighted by Crippen LogP contribution is 2.24. The van der Waals surface area contributed by atoms with E-state index in [4.69, 9.17) is 23.8 Å². The van der Waals surface area contributed by atoms with E-state index in [9.17, 15) is 10.1 Å². The van der Waals surface area contributed by atoms with Crippen molar-refractivity contribution >= 4 is 46.5 Å². The van der Waals surface area contributed by atoms with Gasteiger partial charge in [-0.25, -0.2) is 0 Å². The van der Waals surface area contributed by atoms with E-state index in [0.29, 0.717) is 22.6 Å². The van der Waals surface area contributed by atoms with Crippen LogP contribution in [0.5, 0.6) is 0 Å². The highest BCUT2D eigenvalue weighted by Gasteiger charge is 2.12. The van der Waals surface area contributed by atoms with Gasteiger partial charge in [-0.05, 0) is 34.6 Å². The first-order valence-corrected chi connectivity index (χ1v) is 9.43. The molecule has 9 heteroatoms. The van der Waals surface area contributed by atoms with Crippen molar-refractivity contribution in [2.24, 2.45) is 5.10 Å². The van der Waals surface area contributed by atoms with E-state index in [1.165, 1.54) is 23.0 Å². The number of nitro groups is 1. The Hall–Kier alpha value is -3.36. The zero-order chi connectivity index (χ0) is 20.4. The van der Waals surface area contributed by atoms with Crippen LogP contribution < -0.4 is 0 Å². The van der Waals surface area contributed by atoms with Crippen LogP contribution in [-0.4, -0.2) is 26.0 Å². The van der Waals surface area contributed by atoms with Gasteiger partial charge in [-0.1, -0.05) is 60.1 Å². The minimum Gasteiger partial charge on any atom is -0.258 e. The molecule has 0 saturated carbocycles. The van der Waals surface area contributed by atoms with Crippen LogP contribution in [0.1, 0.15) is 17.0 Å². The average molecular weight is 424 g/mol. The average Bonchev–Trinajstić information content (AvgIpc) is 3.07. The standard InChI is InChI=1S/C20H14ClN5O2S/c21-17-9-8-13(10-18(17)26(27)28)12-22-25-19(23-24-20(25)29)11-15-6-3-5-14-4-1-2-7-16(14)15/h1-10,12H,11H2,(H,24,29)/b22-12+. The maximum absolute atomic E-state index is 11.1. The summed E-state index contributed by atoms with van der Waals surface area (Å²) in [5.74, 6) is 0.631. The van der Waals surface area contributed by atoms with Crippen LogP contribution in [-0.2, 0) is 6.42 Å². The molecule has 4 rings (SSSR count). The van der Waals surface area contributed by atoms with Crippen molar-refractivity contribution < 1.29 is 4.92 Å². The van der Waals surface area contributed by atoms with Crippen LogP contribution in [0.25, 0.3) is 10.8 Å². The molecule has 1 N–H and O–H groups in total. The van der Waals surface area contributed by atoms with Crippen molar-refractivity contribution in [3.63, 3.8) is 0 Å². The summed E-state index contributed by atoms with van der Waals surface area (Å²) in [6.07, 6.45) is 2.01. The van der Waals surface area contributed by atoms with E-state index in [-0.39, 0.29) is 10.7 Å². The number of benzene rings is 3. The molecule has 1 heterocycles. The highest BCUT2D eigenvalue weighted by atomic mass is 35.5. The largest absolute Gasteiger partial charge is 0.288 e. The molecule has 0 saturated heterocycles. The smallest absolute Gasteiger partial charge is 0.258 e. The molecule has 0 unspecified atom stereocenters. The lowest BCUT2D eigenvalue weighted by Crippen LogP contribution is -2.01. The number of hydrogen-bond donors (Lipinski definition) is 1. The quantitative estimate of drug-likeness (QED) is 0.208. The second kappa shape index (κ2) is 7.94. The molecule has 0 amide bonds. The summed E-state index contributed by atoms with van der Waals surface area (Å²) in [5.41, 5.74) is 1.44. The molecule has 0 aliphatic carbocycles. The van der Waals surface area contributed by atoms with Crippen LogP contribution in [0, 0.1) is 14.9 Å². The predicted octanol–water partition coefficient (Wildman–Crippen LogP) is 5.13. The van der Waals surface area contributed by atoms with E-state index >= 15 is 0 Å². The monoisotopic (exact) mass is 423 g/mol. The van der Waals surface area contributed by atoms with Crippen LogP contribution >= 0.6 is 23.8 Å². The van der Waals surface area contributed by atoms with Gasteiger partial charge >= 0.3 is 0 Å². The number of aromatic nitrogens is 3. The molecule has 3 aromatic carbocycles. The van der Waals surface area contributed by atoms with Crippen molar-refractivity contribution in [1.82, 2.24) is 14.9 Å². The lowest BCUT2D eigenvalue weighted by Gasteiger charge is -2.06. The Labute approximate surface area is 175 Å². The number of hydrogen-bond acceptors (Lipinski definition) is 5. The fourth-order valence-corrected chi connectivity index (χ4v) is 3.43. The molecule has 0 bridgehead atoms. The second-order valence-corrected chi connectivity index (χ2v) is 7.08. The van der Waals surface area contributed by atoms with Gasteiger partial charge in [0.1, 0.15) is 5.02 Å². The minimum atomic E-state index is -0.533. The zero-order valence-corrected chi connectivity index (χ0v) is 16.5. The van der Waals surface area contributed by atoms with Crippen molar-refractivity contribution in [2.75, 3.05) is 0 Å². The highest BCUT2D eigenvalue weighted by molar-refractivity contribution is 7.71. The van der Waals surface area contributed by atoms with E-state index in [1.807, 2.05) is 24.3 Å². The number of halogens is 1. The van der Waals surface area contributed by atoms with E-state index in [2.05, 4.69) is 33.5 Å². The molecule has 144 valence electrons. The number of nitrogens with zero attached hydrogens (tertiary/aromatic N) is 4. The first kappa shape index (κ1) is 19.0. The second-order valence-electron chi connectivity index (χ2n) is 6.28. The Kier molecular flexibility index (Phi) is 5.20. The Morgan fingerprint density at radius 2 is 2.00 bits per heavy atom. The molecule has 0 fully saturated rings. The van der Waals surface area contributed by atoms with Crippen LogP contribution in [0.15, 0.2) is 65.8 Å². The summed E-state index contributed by atoms with van der Waals surface area (Å²) in [4.78, 5) is 10.5. The molecule has 0 atom stereocenters. The number of aromatic amines is 1. The molecule has 4 aromatic rings. The van der Waals surface area contributed by atoms with Crippen LogP contribution in [0.3, 0.4) is 0 Å². The summed E-state index contributed by atoms with van der Waals surface area (Å²) in [5, 5.41) is 24.8. The molecular weight excluding hydrogens is 410 g/mol. The summed E-state index contributed by atoms with van der Waals surface area (Å²) in [6, 6.07) is 18.7. The van der Waals surface area contributed by atoms with Crippen molar-refractivity contribution in [3.8, 4) is 0 Å². The molecule has 29 heavy (non-hydrogen) atoms. The Morgan fingerprint density at radius 3 is 2.83 bits per heavy atom. The number of nitrogens with one attached hydrogen (secondary N) is 1.